The molecule has 1 atom stereocenters. The molecular weight excluding hydrogens is 297 g/mol. The number of ether oxygens (including phenoxy) is 1. The molecule has 0 saturated heterocycles. The minimum atomic E-state index is -0.155. The van der Waals surface area contributed by atoms with E-state index < -0.39 is 0 Å². The topological polar surface area (TPSA) is 60.2 Å². The lowest BCUT2D eigenvalue weighted by atomic mass is 10.0. The molecule has 0 aliphatic heterocycles. The zero-order chi connectivity index (χ0) is 14.5. The third-order valence-corrected chi connectivity index (χ3v) is 3.60. The molecule has 0 spiro atoms. The van der Waals surface area contributed by atoms with Gasteiger partial charge in [0, 0.05) is 21.8 Å². The normalized spacial score (nSPS) is 12.2. The SMILES string of the molecule is COc1ncccc1C(Cc1ccc(Cl)cc1Cl)NN. The maximum absolute atomic E-state index is 6.19. The maximum Gasteiger partial charge on any atom is 0.217 e. The molecule has 2 aromatic rings. The number of pyridine rings is 1. The minimum Gasteiger partial charge on any atom is -0.481 e. The quantitative estimate of drug-likeness (QED) is 0.658. The number of hydrogen-bond donors (Lipinski definition) is 2. The summed E-state index contributed by atoms with van der Waals surface area (Å²) in [7, 11) is 1.58. The number of halogens is 2. The Balaban J connectivity index is 2.29. The summed E-state index contributed by atoms with van der Waals surface area (Å²) in [5.41, 5.74) is 4.60. The van der Waals surface area contributed by atoms with E-state index in [1.807, 2.05) is 18.2 Å². The van der Waals surface area contributed by atoms with Crippen LogP contribution in [0.4, 0.5) is 0 Å². The number of benzene rings is 1. The Labute approximate surface area is 127 Å². The number of nitrogens with one attached hydrogen (secondary N) is 1. The Hall–Kier alpha value is -1.33. The molecule has 1 aromatic carbocycles. The molecule has 0 aliphatic carbocycles. The summed E-state index contributed by atoms with van der Waals surface area (Å²) in [6, 6.07) is 9.00. The highest BCUT2D eigenvalue weighted by Gasteiger charge is 2.17. The van der Waals surface area contributed by atoms with Crippen LogP contribution in [-0.4, -0.2) is 12.1 Å². The molecule has 1 heterocycles. The summed E-state index contributed by atoms with van der Waals surface area (Å²) in [5, 5.41) is 1.22. The summed E-state index contributed by atoms with van der Waals surface area (Å²) in [6.07, 6.45) is 2.28. The van der Waals surface area contributed by atoms with Crippen molar-refractivity contribution in [2.24, 2.45) is 5.84 Å². The van der Waals surface area contributed by atoms with Crippen LogP contribution >= 0.6 is 23.2 Å². The second-order valence-corrected chi connectivity index (χ2v) is 5.10. The average molecular weight is 312 g/mol. The number of nitrogens with zero attached hydrogens (tertiary/aromatic N) is 1. The Kier molecular flexibility index (Phi) is 5.20. The van der Waals surface area contributed by atoms with Gasteiger partial charge in [-0.25, -0.2) is 4.98 Å². The fraction of sp³-hybridized carbons (Fsp3) is 0.214. The standard InChI is InChI=1S/C14H15Cl2N3O/c1-20-14-11(3-2-6-18-14)13(19-17)7-9-4-5-10(15)8-12(9)16/h2-6,8,13,19H,7,17H2,1H3. The summed E-state index contributed by atoms with van der Waals surface area (Å²) in [5.74, 6) is 6.20. The van der Waals surface area contributed by atoms with Crippen molar-refractivity contribution in [1.29, 1.82) is 0 Å². The van der Waals surface area contributed by atoms with Crippen molar-refractivity contribution in [2.75, 3.05) is 7.11 Å². The smallest absolute Gasteiger partial charge is 0.217 e. The van der Waals surface area contributed by atoms with Gasteiger partial charge in [0.15, 0.2) is 0 Å². The van der Waals surface area contributed by atoms with Gasteiger partial charge in [-0.1, -0.05) is 35.3 Å². The predicted octanol–water partition coefficient (Wildman–Crippen LogP) is 3.14. The minimum absolute atomic E-state index is 0.155. The molecule has 0 aliphatic rings. The summed E-state index contributed by atoms with van der Waals surface area (Å²) in [6.45, 7) is 0. The van der Waals surface area contributed by atoms with E-state index >= 15 is 0 Å². The van der Waals surface area contributed by atoms with Gasteiger partial charge in [0.2, 0.25) is 5.88 Å². The number of rotatable bonds is 5. The zero-order valence-electron chi connectivity index (χ0n) is 10.9. The van der Waals surface area contributed by atoms with Crippen molar-refractivity contribution in [3.63, 3.8) is 0 Å². The number of methoxy groups -OCH3 is 1. The van der Waals surface area contributed by atoms with Crippen molar-refractivity contribution in [1.82, 2.24) is 10.4 Å². The highest BCUT2D eigenvalue weighted by molar-refractivity contribution is 6.35. The highest BCUT2D eigenvalue weighted by atomic mass is 35.5. The zero-order valence-corrected chi connectivity index (χ0v) is 12.4. The molecule has 1 aromatic heterocycles. The van der Waals surface area contributed by atoms with E-state index in [-0.39, 0.29) is 6.04 Å². The van der Waals surface area contributed by atoms with Crippen LogP contribution in [0.15, 0.2) is 36.5 Å². The van der Waals surface area contributed by atoms with Crippen LogP contribution in [0.3, 0.4) is 0 Å². The molecule has 0 radical (unpaired) electrons. The molecule has 20 heavy (non-hydrogen) atoms. The molecule has 6 heteroatoms. The van der Waals surface area contributed by atoms with Gasteiger partial charge in [0.1, 0.15) is 0 Å². The van der Waals surface area contributed by atoms with Gasteiger partial charge in [0.05, 0.1) is 13.2 Å². The lowest BCUT2D eigenvalue weighted by Gasteiger charge is -2.19. The largest absolute Gasteiger partial charge is 0.481 e. The first-order valence-corrected chi connectivity index (χ1v) is 6.80. The molecule has 2 rings (SSSR count). The second-order valence-electron chi connectivity index (χ2n) is 4.26. The first kappa shape index (κ1) is 15.1. The number of nitrogens with two attached hydrogens (primary N) is 1. The van der Waals surface area contributed by atoms with Crippen molar-refractivity contribution in [3.8, 4) is 5.88 Å². The lowest BCUT2D eigenvalue weighted by Crippen LogP contribution is -2.30. The molecule has 0 fully saturated rings. The number of aromatic nitrogens is 1. The van der Waals surface area contributed by atoms with Crippen LogP contribution in [0, 0.1) is 0 Å². The predicted molar refractivity (Wildman–Crippen MR) is 81.0 cm³/mol. The van der Waals surface area contributed by atoms with Crippen LogP contribution in [0.5, 0.6) is 5.88 Å². The maximum atomic E-state index is 6.19. The first-order chi connectivity index (χ1) is 9.65. The van der Waals surface area contributed by atoms with E-state index in [1.165, 1.54) is 0 Å². The molecule has 1 unspecified atom stereocenters. The van der Waals surface area contributed by atoms with Crippen LogP contribution in [-0.2, 0) is 6.42 Å². The Bertz CT molecular complexity index is 592. The number of hydrazine groups is 1. The molecule has 0 bridgehead atoms. The van der Waals surface area contributed by atoms with E-state index in [0.717, 1.165) is 11.1 Å². The van der Waals surface area contributed by atoms with Gasteiger partial charge in [-0.05, 0) is 30.2 Å². The Morgan fingerprint density at radius 1 is 1.35 bits per heavy atom. The monoisotopic (exact) mass is 311 g/mol. The van der Waals surface area contributed by atoms with Gasteiger partial charge in [0.25, 0.3) is 0 Å². The van der Waals surface area contributed by atoms with Crippen LogP contribution in [0.25, 0.3) is 0 Å². The van der Waals surface area contributed by atoms with Crippen molar-refractivity contribution >= 4 is 23.2 Å². The van der Waals surface area contributed by atoms with E-state index in [4.69, 9.17) is 33.8 Å². The van der Waals surface area contributed by atoms with E-state index in [2.05, 4.69) is 10.4 Å². The highest BCUT2D eigenvalue weighted by Crippen LogP contribution is 2.28. The summed E-state index contributed by atoms with van der Waals surface area (Å²) in [4.78, 5) is 4.17. The van der Waals surface area contributed by atoms with E-state index in [9.17, 15) is 0 Å². The van der Waals surface area contributed by atoms with Gasteiger partial charge in [-0.3, -0.25) is 11.3 Å². The molecular formula is C14H15Cl2N3O. The second kappa shape index (κ2) is 6.90. The lowest BCUT2D eigenvalue weighted by molar-refractivity contribution is 0.382. The summed E-state index contributed by atoms with van der Waals surface area (Å²) >= 11 is 12.1. The van der Waals surface area contributed by atoms with Gasteiger partial charge < -0.3 is 4.74 Å². The van der Waals surface area contributed by atoms with Gasteiger partial charge >= 0.3 is 0 Å². The number of hydrogen-bond acceptors (Lipinski definition) is 4. The third kappa shape index (κ3) is 3.41. The first-order valence-electron chi connectivity index (χ1n) is 6.04. The summed E-state index contributed by atoms with van der Waals surface area (Å²) < 4.78 is 5.25. The molecule has 0 amide bonds. The van der Waals surface area contributed by atoms with Gasteiger partial charge in [-0.2, -0.15) is 0 Å². The molecule has 106 valence electrons. The van der Waals surface area contributed by atoms with Crippen molar-refractivity contribution < 1.29 is 4.74 Å². The Morgan fingerprint density at radius 3 is 2.80 bits per heavy atom. The van der Waals surface area contributed by atoms with Gasteiger partial charge in [-0.15, -0.1) is 0 Å². The fourth-order valence-corrected chi connectivity index (χ4v) is 2.49. The van der Waals surface area contributed by atoms with Crippen LogP contribution in [0.1, 0.15) is 17.2 Å². The molecule has 4 nitrogen and oxygen atoms in total. The van der Waals surface area contributed by atoms with Crippen molar-refractivity contribution in [2.45, 2.75) is 12.5 Å². The molecule has 0 saturated carbocycles. The van der Waals surface area contributed by atoms with Crippen LogP contribution < -0.4 is 16.0 Å². The average Bonchev–Trinajstić information content (AvgIpc) is 2.46. The third-order valence-electron chi connectivity index (χ3n) is 3.01. The van der Waals surface area contributed by atoms with E-state index in [1.54, 1.807) is 25.4 Å². The van der Waals surface area contributed by atoms with Crippen molar-refractivity contribution in [3.05, 3.63) is 57.7 Å². The fourth-order valence-electron chi connectivity index (χ4n) is 2.00. The van der Waals surface area contributed by atoms with E-state index in [0.29, 0.717) is 22.3 Å². The Morgan fingerprint density at radius 2 is 2.15 bits per heavy atom. The van der Waals surface area contributed by atoms with Crippen LogP contribution in [0.2, 0.25) is 10.0 Å². The molecule has 3 N–H and O–H groups in total.